The molecule has 0 amide bonds. The Balaban J connectivity index is 2.38. The van der Waals surface area contributed by atoms with Gasteiger partial charge in [-0.1, -0.05) is 6.07 Å². The Bertz CT molecular complexity index is 542. The van der Waals surface area contributed by atoms with E-state index in [9.17, 15) is 8.78 Å². The molecule has 1 aromatic heterocycles. The second-order valence-electron chi connectivity index (χ2n) is 3.86. The van der Waals surface area contributed by atoms with Crippen LogP contribution in [0.1, 0.15) is 23.0 Å². The summed E-state index contributed by atoms with van der Waals surface area (Å²) in [6, 6.07) is 3.05. The number of hydrogen-bond acceptors (Lipinski definition) is 4. The van der Waals surface area contributed by atoms with Gasteiger partial charge in [-0.2, -0.15) is 0 Å². The lowest BCUT2D eigenvalue weighted by atomic mass is 10.0. The topological polar surface area (TPSA) is 63.8 Å². The van der Waals surface area contributed by atoms with E-state index < -0.39 is 17.7 Å². The van der Waals surface area contributed by atoms with Gasteiger partial charge in [0.15, 0.2) is 11.6 Å². The molecule has 4 nitrogen and oxygen atoms in total. The molecule has 0 saturated heterocycles. The summed E-state index contributed by atoms with van der Waals surface area (Å²) in [5.74, 6) is 3.61. The minimum absolute atomic E-state index is 0.481. The highest BCUT2D eigenvalue weighted by molar-refractivity contribution is 5.27. The summed E-state index contributed by atoms with van der Waals surface area (Å²) in [6.07, 6.45) is 3.13. The van der Waals surface area contributed by atoms with E-state index in [0.717, 1.165) is 17.8 Å². The zero-order valence-electron chi connectivity index (χ0n) is 9.69. The van der Waals surface area contributed by atoms with Crippen LogP contribution < -0.4 is 11.3 Å². The summed E-state index contributed by atoms with van der Waals surface area (Å²) in [7, 11) is 0. The Labute approximate surface area is 103 Å². The highest BCUT2D eigenvalue weighted by Crippen LogP contribution is 2.20. The summed E-state index contributed by atoms with van der Waals surface area (Å²) in [5, 5.41) is 0. The average Bonchev–Trinajstić information content (AvgIpc) is 2.37. The van der Waals surface area contributed by atoms with E-state index in [-0.39, 0.29) is 0 Å². The van der Waals surface area contributed by atoms with E-state index in [4.69, 9.17) is 5.84 Å². The van der Waals surface area contributed by atoms with Gasteiger partial charge in [-0.15, -0.1) is 0 Å². The van der Waals surface area contributed by atoms with Gasteiger partial charge in [0.25, 0.3) is 0 Å². The molecule has 0 saturated carbocycles. The molecular formula is C12H12F2N4. The molecule has 18 heavy (non-hydrogen) atoms. The van der Waals surface area contributed by atoms with E-state index in [1.54, 1.807) is 19.3 Å². The molecule has 0 fully saturated rings. The Morgan fingerprint density at radius 2 is 1.94 bits per heavy atom. The molecule has 1 unspecified atom stereocenters. The number of nitrogens with two attached hydrogens (primary N) is 1. The smallest absolute Gasteiger partial charge is 0.159 e. The lowest BCUT2D eigenvalue weighted by Crippen LogP contribution is -2.29. The molecule has 6 heteroatoms. The lowest BCUT2D eigenvalue weighted by molar-refractivity contribution is 0.503. The van der Waals surface area contributed by atoms with Gasteiger partial charge >= 0.3 is 0 Å². The zero-order valence-corrected chi connectivity index (χ0v) is 9.69. The van der Waals surface area contributed by atoms with Crippen LogP contribution in [0.4, 0.5) is 8.78 Å². The maximum absolute atomic E-state index is 13.2. The van der Waals surface area contributed by atoms with Crippen LogP contribution in [0.15, 0.2) is 30.6 Å². The fraction of sp³-hybridized carbons (Fsp3) is 0.167. The molecule has 0 aliphatic rings. The summed E-state index contributed by atoms with van der Waals surface area (Å²) >= 11 is 0. The molecule has 2 rings (SSSR count). The van der Waals surface area contributed by atoms with Gasteiger partial charge in [0.05, 0.1) is 23.6 Å². The maximum Gasteiger partial charge on any atom is 0.159 e. The predicted molar refractivity (Wildman–Crippen MR) is 62.3 cm³/mol. The van der Waals surface area contributed by atoms with Crippen LogP contribution in [0.5, 0.6) is 0 Å². The first-order valence-corrected chi connectivity index (χ1v) is 5.31. The van der Waals surface area contributed by atoms with Crippen molar-refractivity contribution in [2.45, 2.75) is 13.0 Å². The van der Waals surface area contributed by atoms with Crippen molar-refractivity contribution < 1.29 is 8.78 Å². The number of hydrazine groups is 1. The highest BCUT2D eigenvalue weighted by Gasteiger charge is 2.16. The van der Waals surface area contributed by atoms with Crippen LogP contribution in [0.25, 0.3) is 0 Å². The summed E-state index contributed by atoms with van der Waals surface area (Å²) < 4.78 is 26.0. The van der Waals surface area contributed by atoms with E-state index in [1.807, 2.05) is 0 Å². The van der Waals surface area contributed by atoms with Gasteiger partial charge in [0, 0.05) is 6.20 Å². The van der Waals surface area contributed by atoms with Crippen LogP contribution in [0.3, 0.4) is 0 Å². The van der Waals surface area contributed by atoms with Crippen molar-refractivity contribution in [2.24, 2.45) is 5.84 Å². The van der Waals surface area contributed by atoms with E-state index in [0.29, 0.717) is 11.3 Å². The largest absolute Gasteiger partial charge is 0.271 e. The molecule has 1 aromatic carbocycles. The average molecular weight is 250 g/mol. The predicted octanol–water partition coefficient (Wildman–Crippen LogP) is 1.62. The van der Waals surface area contributed by atoms with Gasteiger partial charge in [-0.3, -0.25) is 15.8 Å². The molecule has 0 radical (unpaired) electrons. The van der Waals surface area contributed by atoms with Crippen molar-refractivity contribution in [2.75, 3.05) is 0 Å². The van der Waals surface area contributed by atoms with Crippen LogP contribution in [0, 0.1) is 18.6 Å². The van der Waals surface area contributed by atoms with E-state index in [1.165, 1.54) is 6.07 Å². The summed E-state index contributed by atoms with van der Waals surface area (Å²) in [5.41, 5.74) is 4.29. The van der Waals surface area contributed by atoms with Gasteiger partial charge in [0.1, 0.15) is 0 Å². The zero-order chi connectivity index (χ0) is 13.1. The molecule has 1 heterocycles. The van der Waals surface area contributed by atoms with Crippen molar-refractivity contribution in [3.63, 3.8) is 0 Å². The number of aryl methyl sites for hydroxylation is 1. The van der Waals surface area contributed by atoms with Crippen molar-refractivity contribution >= 4 is 0 Å². The minimum atomic E-state index is -0.923. The van der Waals surface area contributed by atoms with Crippen LogP contribution in [-0.4, -0.2) is 9.97 Å². The van der Waals surface area contributed by atoms with Crippen LogP contribution >= 0.6 is 0 Å². The number of nitrogens with one attached hydrogen (secondary N) is 1. The van der Waals surface area contributed by atoms with Gasteiger partial charge < -0.3 is 0 Å². The van der Waals surface area contributed by atoms with E-state index >= 15 is 0 Å². The molecule has 2 aromatic rings. The molecule has 94 valence electrons. The molecule has 0 spiro atoms. The fourth-order valence-corrected chi connectivity index (χ4v) is 1.60. The standard InChI is InChI=1S/C12H12F2N4/c1-7-5-17-11(6-16-7)12(18-15)8-2-3-9(13)10(14)4-8/h2-6,12,18H,15H2,1H3. The summed E-state index contributed by atoms with van der Waals surface area (Å²) in [6.45, 7) is 1.80. The third-order valence-corrected chi connectivity index (χ3v) is 2.54. The Morgan fingerprint density at radius 1 is 1.17 bits per heavy atom. The van der Waals surface area contributed by atoms with Gasteiger partial charge in [-0.25, -0.2) is 14.2 Å². The SMILES string of the molecule is Cc1cnc(C(NN)c2ccc(F)c(F)c2)cn1. The third kappa shape index (κ3) is 2.49. The molecule has 1 atom stereocenters. The third-order valence-electron chi connectivity index (χ3n) is 2.54. The first-order chi connectivity index (χ1) is 8.61. The molecule has 0 bridgehead atoms. The Hall–Kier alpha value is -1.92. The molecule has 0 aliphatic heterocycles. The van der Waals surface area contributed by atoms with Crippen molar-refractivity contribution in [1.82, 2.24) is 15.4 Å². The van der Waals surface area contributed by atoms with Crippen molar-refractivity contribution in [3.05, 3.63) is 59.2 Å². The fourth-order valence-electron chi connectivity index (χ4n) is 1.60. The monoisotopic (exact) mass is 250 g/mol. The summed E-state index contributed by atoms with van der Waals surface area (Å²) in [4.78, 5) is 8.24. The van der Waals surface area contributed by atoms with E-state index in [2.05, 4.69) is 15.4 Å². The first kappa shape index (κ1) is 12.5. The Morgan fingerprint density at radius 3 is 2.50 bits per heavy atom. The Kier molecular flexibility index (Phi) is 3.59. The van der Waals surface area contributed by atoms with Crippen LogP contribution in [-0.2, 0) is 0 Å². The first-order valence-electron chi connectivity index (χ1n) is 5.31. The molecule has 0 aliphatic carbocycles. The van der Waals surface area contributed by atoms with Gasteiger partial charge in [-0.05, 0) is 24.6 Å². The second-order valence-corrected chi connectivity index (χ2v) is 3.86. The maximum atomic E-state index is 13.2. The van der Waals surface area contributed by atoms with Crippen molar-refractivity contribution in [1.29, 1.82) is 0 Å². The molecule has 3 N–H and O–H groups in total. The number of halogens is 2. The van der Waals surface area contributed by atoms with Crippen molar-refractivity contribution in [3.8, 4) is 0 Å². The van der Waals surface area contributed by atoms with Crippen LogP contribution in [0.2, 0.25) is 0 Å². The highest BCUT2D eigenvalue weighted by atomic mass is 19.2. The number of nitrogens with zero attached hydrogens (tertiary/aromatic N) is 2. The van der Waals surface area contributed by atoms with Gasteiger partial charge in [0.2, 0.25) is 0 Å². The number of aromatic nitrogens is 2. The lowest BCUT2D eigenvalue weighted by Gasteiger charge is -2.15. The normalized spacial score (nSPS) is 12.4. The second kappa shape index (κ2) is 5.16. The number of hydrogen-bond donors (Lipinski definition) is 2. The molecular weight excluding hydrogens is 238 g/mol. The number of rotatable bonds is 3. The quantitative estimate of drug-likeness (QED) is 0.641. The number of benzene rings is 1. The minimum Gasteiger partial charge on any atom is -0.271 e.